The third kappa shape index (κ3) is 3.62. The predicted octanol–water partition coefficient (Wildman–Crippen LogP) is 4.45. The van der Waals surface area contributed by atoms with E-state index in [4.69, 9.17) is 4.74 Å². The van der Waals surface area contributed by atoms with Gasteiger partial charge in [0.05, 0.1) is 16.0 Å². The van der Waals surface area contributed by atoms with Gasteiger partial charge in [-0.2, -0.15) is 0 Å². The number of nitrogens with zero attached hydrogens (tertiary/aromatic N) is 1. The summed E-state index contributed by atoms with van der Waals surface area (Å²) >= 11 is 0. The molecule has 0 aliphatic heterocycles. The Kier molecular flexibility index (Phi) is 4.64. The molecule has 0 aliphatic carbocycles. The minimum absolute atomic E-state index is 0.205. The number of carbonyl (C=O) groups is 1. The van der Waals surface area contributed by atoms with Gasteiger partial charge in [-0.05, 0) is 65.0 Å². The van der Waals surface area contributed by atoms with Gasteiger partial charge in [0.15, 0.2) is 0 Å². The Balaban J connectivity index is 2.19. The molecule has 0 saturated carbocycles. The molecule has 0 unspecified atom stereocenters. The number of rotatable bonds is 3. The van der Waals surface area contributed by atoms with Crippen molar-refractivity contribution in [3.05, 3.63) is 65.4 Å². The molecule has 142 valence electrons. The van der Waals surface area contributed by atoms with Gasteiger partial charge in [-0.3, -0.25) is 0 Å². The van der Waals surface area contributed by atoms with E-state index in [1.807, 2.05) is 6.92 Å². The van der Waals surface area contributed by atoms with Crippen molar-refractivity contribution in [2.45, 2.75) is 45.1 Å². The Morgan fingerprint density at radius 1 is 1.00 bits per heavy atom. The highest BCUT2D eigenvalue weighted by atomic mass is 32.2. The van der Waals surface area contributed by atoms with Crippen LogP contribution in [0.3, 0.4) is 0 Å². The molecule has 0 fully saturated rings. The smallest absolute Gasteiger partial charge is 0.339 e. The summed E-state index contributed by atoms with van der Waals surface area (Å²) in [6.45, 7) is 9.00. The molecule has 0 radical (unpaired) electrons. The van der Waals surface area contributed by atoms with Gasteiger partial charge in [0.2, 0.25) is 0 Å². The maximum Gasteiger partial charge on any atom is 0.339 e. The number of aryl methyl sites for hydroxylation is 2. The predicted molar refractivity (Wildman–Crippen MR) is 106 cm³/mol. The lowest BCUT2D eigenvalue weighted by atomic mass is 10.1. The van der Waals surface area contributed by atoms with E-state index in [0.29, 0.717) is 22.2 Å². The minimum Gasteiger partial charge on any atom is -0.456 e. The Labute approximate surface area is 159 Å². The Hall–Kier alpha value is -2.60. The summed E-state index contributed by atoms with van der Waals surface area (Å²) in [5, 5.41) is 0.555. The number of hydrogen-bond acceptors (Lipinski definition) is 4. The van der Waals surface area contributed by atoms with Crippen molar-refractivity contribution in [3.63, 3.8) is 0 Å². The van der Waals surface area contributed by atoms with Crippen LogP contribution in [0.25, 0.3) is 10.9 Å². The van der Waals surface area contributed by atoms with Gasteiger partial charge in [-0.1, -0.05) is 23.8 Å². The first-order valence-electron chi connectivity index (χ1n) is 8.67. The van der Waals surface area contributed by atoms with Gasteiger partial charge in [0.25, 0.3) is 10.0 Å². The molecular formula is C21H23NO4S. The highest BCUT2D eigenvalue weighted by Crippen LogP contribution is 2.29. The molecule has 0 aliphatic rings. The molecule has 3 rings (SSSR count). The first kappa shape index (κ1) is 19.2. The molecule has 0 N–H and O–H groups in total. The summed E-state index contributed by atoms with van der Waals surface area (Å²) in [4.78, 5) is 12.8. The van der Waals surface area contributed by atoms with E-state index in [-0.39, 0.29) is 4.90 Å². The zero-order valence-corrected chi connectivity index (χ0v) is 16.9. The summed E-state index contributed by atoms with van der Waals surface area (Å²) in [7, 11) is -3.78. The van der Waals surface area contributed by atoms with E-state index >= 15 is 0 Å². The standard InChI is InChI=1S/C21H23NO4S/c1-14-9-11-16(12-10-14)27(24,25)22-15(2)13-18-17(7-6-8-19(18)22)20(23)26-21(3,4)5/h6-13H,1-5H3. The van der Waals surface area contributed by atoms with Crippen molar-refractivity contribution < 1.29 is 17.9 Å². The number of ether oxygens (including phenoxy) is 1. The molecule has 0 bridgehead atoms. The monoisotopic (exact) mass is 385 g/mol. The van der Waals surface area contributed by atoms with Crippen LogP contribution < -0.4 is 0 Å². The fourth-order valence-electron chi connectivity index (χ4n) is 2.99. The second kappa shape index (κ2) is 6.53. The van der Waals surface area contributed by atoms with E-state index in [1.165, 1.54) is 3.97 Å². The normalized spacial score (nSPS) is 12.3. The summed E-state index contributed by atoms with van der Waals surface area (Å²) in [5.41, 5.74) is 1.68. The highest BCUT2D eigenvalue weighted by Gasteiger charge is 2.25. The van der Waals surface area contributed by atoms with Crippen LogP contribution in [0.4, 0.5) is 0 Å². The van der Waals surface area contributed by atoms with Gasteiger partial charge >= 0.3 is 5.97 Å². The number of aromatic nitrogens is 1. The Bertz CT molecular complexity index is 1120. The zero-order chi connectivity index (χ0) is 20.0. The maximum atomic E-state index is 13.2. The number of carbonyl (C=O) groups excluding carboxylic acids is 1. The fraction of sp³-hybridized carbons (Fsp3) is 0.286. The van der Waals surface area contributed by atoms with Gasteiger partial charge < -0.3 is 4.74 Å². The maximum absolute atomic E-state index is 13.2. The van der Waals surface area contributed by atoms with E-state index in [9.17, 15) is 13.2 Å². The van der Waals surface area contributed by atoms with Crippen molar-refractivity contribution in [2.24, 2.45) is 0 Å². The van der Waals surface area contributed by atoms with Gasteiger partial charge in [0, 0.05) is 11.1 Å². The van der Waals surface area contributed by atoms with Gasteiger partial charge in [0.1, 0.15) is 5.60 Å². The van der Waals surface area contributed by atoms with Crippen LogP contribution in [0.15, 0.2) is 53.4 Å². The third-order valence-corrected chi connectivity index (χ3v) is 5.99. The molecule has 5 nitrogen and oxygen atoms in total. The molecule has 2 aromatic carbocycles. The van der Waals surface area contributed by atoms with Crippen LogP contribution in [-0.2, 0) is 14.8 Å². The number of fused-ring (bicyclic) bond motifs is 1. The van der Waals surface area contributed by atoms with E-state index < -0.39 is 21.6 Å². The first-order valence-corrected chi connectivity index (χ1v) is 10.1. The van der Waals surface area contributed by atoms with Gasteiger partial charge in [-0.15, -0.1) is 0 Å². The number of hydrogen-bond donors (Lipinski definition) is 0. The van der Waals surface area contributed by atoms with Crippen LogP contribution in [0.2, 0.25) is 0 Å². The molecular weight excluding hydrogens is 362 g/mol. The molecule has 6 heteroatoms. The van der Waals surface area contributed by atoms with Crippen molar-refractivity contribution in [2.75, 3.05) is 0 Å². The second-order valence-corrected chi connectivity index (χ2v) is 9.40. The average Bonchev–Trinajstić information content (AvgIpc) is 2.89. The zero-order valence-electron chi connectivity index (χ0n) is 16.1. The van der Waals surface area contributed by atoms with Crippen LogP contribution in [0.5, 0.6) is 0 Å². The largest absolute Gasteiger partial charge is 0.456 e. The molecule has 1 heterocycles. The molecule has 1 aromatic heterocycles. The van der Waals surface area contributed by atoms with Gasteiger partial charge in [-0.25, -0.2) is 17.2 Å². The minimum atomic E-state index is -3.78. The third-order valence-electron chi connectivity index (χ3n) is 4.15. The van der Waals surface area contributed by atoms with E-state index in [0.717, 1.165) is 5.56 Å². The lowest BCUT2D eigenvalue weighted by molar-refractivity contribution is 0.00718. The summed E-state index contributed by atoms with van der Waals surface area (Å²) in [6.07, 6.45) is 0. The van der Waals surface area contributed by atoms with Crippen molar-refractivity contribution in [3.8, 4) is 0 Å². The molecule has 0 saturated heterocycles. The molecule has 0 spiro atoms. The number of esters is 1. The van der Waals surface area contributed by atoms with Crippen LogP contribution in [0, 0.1) is 13.8 Å². The first-order chi connectivity index (χ1) is 12.5. The van der Waals surface area contributed by atoms with Crippen LogP contribution >= 0.6 is 0 Å². The lowest BCUT2D eigenvalue weighted by Crippen LogP contribution is -2.24. The fourth-order valence-corrected chi connectivity index (χ4v) is 4.53. The Morgan fingerprint density at radius 2 is 1.63 bits per heavy atom. The van der Waals surface area contributed by atoms with Crippen LogP contribution in [-0.4, -0.2) is 24.0 Å². The highest BCUT2D eigenvalue weighted by molar-refractivity contribution is 7.90. The molecule has 0 atom stereocenters. The van der Waals surface area contributed by atoms with Crippen LogP contribution in [0.1, 0.15) is 42.4 Å². The summed E-state index contributed by atoms with van der Waals surface area (Å²) in [6, 6.07) is 13.4. The second-order valence-electron chi connectivity index (χ2n) is 7.61. The van der Waals surface area contributed by atoms with Crippen molar-refractivity contribution in [1.82, 2.24) is 3.97 Å². The Morgan fingerprint density at radius 3 is 2.22 bits per heavy atom. The van der Waals surface area contributed by atoms with Crippen molar-refractivity contribution >= 4 is 26.9 Å². The van der Waals surface area contributed by atoms with E-state index in [2.05, 4.69) is 0 Å². The molecule has 0 amide bonds. The lowest BCUT2D eigenvalue weighted by Gasteiger charge is -2.19. The molecule has 27 heavy (non-hydrogen) atoms. The molecule has 3 aromatic rings. The topological polar surface area (TPSA) is 65.4 Å². The average molecular weight is 385 g/mol. The SMILES string of the molecule is Cc1ccc(S(=O)(=O)n2c(C)cc3c(C(=O)OC(C)(C)C)cccc32)cc1. The quantitative estimate of drug-likeness (QED) is 0.625. The van der Waals surface area contributed by atoms with Crippen molar-refractivity contribution in [1.29, 1.82) is 0 Å². The summed E-state index contributed by atoms with van der Waals surface area (Å²) in [5.74, 6) is -0.474. The van der Waals surface area contributed by atoms with E-state index in [1.54, 1.807) is 76.2 Å². The summed E-state index contributed by atoms with van der Waals surface area (Å²) < 4.78 is 33.1. The number of benzene rings is 2.